The molecule has 21 heteroatoms. The van der Waals surface area contributed by atoms with Crippen molar-refractivity contribution in [3.05, 3.63) is 124 Å². The summed E-state index contributed by atoms with van der Waals surface area (Å²) in [6, 6.07) is 24.5. The largest absolute Gasteiger partial charge is 0.491 e. The summed E-state index contributed by atoms with van der Waals surface area (Å²) in [6.45, 7) is 12.7. The van der Waals surface area contributed by atoms with Crippen LogP contribution in [0.3, 0.4) is 0 Å². The van der Waals surface area contributed by atoms with Crippen LogP contribution < -0.4 is 34.0 Å². The molecule has 1 amide bonds. The van der Waals surface area contributed by atoms with Crippen LogP contribution in [0.25, 0.3) is 11.0 Å². The molecule has 7 heterocycles. The molecule has 3 atom stereocenters. The number of sulfonamides is 1. The Bertz CT molecular complexity index is 3500. The van der Waals surface area contributed by atoms with E-state index >= 15 is 0 Å². The number of carbonyl (C=O) groups is 1. The van der Waals surface area contributed by atoms with Crippen LogP contribution in [0, 0.1) is 21.4 Å². The molecule has 6 aromatic rings. The maximum atomic E-state index is 14.9. The Labute approximate surface area is 485 Å². The third-order valence-electron chi connectivity index (χ3n) is 18.7. The summed E-state index contributed by atoms with van der Waals surface area (Å²) >= 11 is 0. The van der Waals surface area contributed by atoms with Crippen LogP contribution in [-0.4, -0.2) is 140 Å². The lowest BCUT2D eigenvalue weighted by Crippen LogP contribution is -2.60. The van der Waals surface area contributed by atoms with Gasteiger partial charge in [-0.1, -0.05) is 38.1 Å². The highest BCUT2D eigenvalue weighted by Gasteiger charge is 2.50. The summed E-state index contributed by atoms with van der Waals surface area (Å²) in [6.07, 6.45) is 10.8. The molecule has 20 nitrogen and oxygen atoms in total. The smallest absolute Gasteiger partial charge is 0.293 e. The Morgan fingerprint density at radius 3 is 2.51 bits per heavy atom. The lowest BCUT2D eigenvalue weighted by molar-refractivity contribution is -0.384. The summed E-state index contributed by atoms with van der Waals surface area (Å²) < 4.78 is 54.4. The van der Waals surface area contributed by atoms with Crippen LogP contribution in [0.2, 0.25) is 0 Å². The fourth-order valence-corrected chi connectivity index (χ4v) is 15.0. The van der Waals surface area contributed by atoms with Crippen molar-refractivity contribution in [3.63, 3.8) is 0 Å². The molecule has 5 fully saturated rings. The Kier molecular flexibility index (Phi) is 15.5. The molecule has 2 saturated carbocycles. The number of H-pyrrole nitrogens is 1. The number of hydrogen-bond acceptors (Lipinski definition) is 17. The van der Waals surface area contributed by atoms with Crippen LogP contribution in [0.15, 0.2) is 96.2 Å². The first-order chi connectivity index (χ1) is 40.0. The number of nitro groups is 1. The van der Waals surface area contributed by atoms with Crippen molar-refractivity contribution in [2.24, 2.45) is 11.3 Å². The van der Waals surface area contributed by atoms with E-state index in [1.54, 1.807) is 20.3 Å². The first-order valence-electron chi connectivity index (χ1n) is 29.3. The van der Waals surface area contributed by atoms with Crippen molar-refractivity contribution in [1.82, 2.24) is 29.5 Å². The minimum Gasteiger partial charge on any atom is -0.491 e. The molecular formula is C62H76N10O10S. The number of piperidine rings is 1. The summed E-state index contributed by atoms with van der Waals surface area (Å²) in [5, 5.41) is 26.9. The van der Waals surface area contributed by atoms with E-state index in [0.717, 1.165) is 100 Å². The first kappa shape index (κ1) is 56.4. The fraction of sp³-hybridized carbons (Fsp3) is 0.500. The molecule has 4 aliphatic heterocycles. The Morgan fingerprint density at radius 2 is 1.75 bits per heavy atom. The van der Waals surface area contributed by atoms with Gasteiger partial charge < -0.3 is 44.2 Å². The highest BCUT2D eigenvalue weighted by atomic mass is 32.2. The van der Waals surface area contributed by atoms with E-state index in [-0.39, 0.29) is 34.7 Å². The second kappa shape index (κ2) is 22.8. The second-order valence-corrected chi connectivity index (χ2v) is 26.1. The van der Waals surface area contributed by atoms with Gasteiger partial charge in [-0.05, 0) is 147 Å². The minimum atomic E-state index is -4.65. The van der Waals surface area contributed by atoms with E-state index in [9.17, 15) is 28.4 Å². The lowest BCUT2D eigenvalue weighted by Gasteiger charge is -2.58. The number of ether oxygens (including phenoxy) is 4. The number of methoxy groups -OCH3 is 2. The Hall–Kier alpha value is -7.04. The number of carbonyl (C=O) groups excluding carboxylic acids is 1. The quantitative estimate of drug-likeness (QED) is 0.0522. The molecule has 83 heavy (non-hydrogen) atoms. The number of hydrogen-bond donors (Lipinski definition) is 4. The molecular weight excluding hydrogens is 1080 g/mol. The molecule has 2 aliphatic carbocycles. The zero-order valence-electron chi connectivity index (χ0n) is 48.0. The van der Waals surface area contributed by atoms with E-state index in [1.807, 2.05) is 49.6 Å². The molecule has 6 aliphatic rings. The fourth-order valence-electron chi connectivity index (χ4n) is 14.0. The molecule has 440 valence electrons. The molecule has 3 aromatic heterocycles. The number of nitrogens with zero attached hydrogens (tertiary/aromatic N) is 7. The Morgan fingerprint density at radius 1 is 0.952 bits per heavy atom. The normalized spacial score (nSPS) is 23.9. The average Bonchev–Trinajstić information content (AvgIpc) is 2.93. The first-order valence-corrected chi connectivity index (χ1v) is 30.8. The molecule has 0 bridgehead atoms. The van der Waals surface area contributed by atoms with Gasteiger partial charge in [0.25, 0.3) is 27.5 Å². The molecule has 0 radical (unpaired) electrons. The third-order valence-corrected chi connectivity index (χ3v) is 20.1. The monoisotopic (exact) mass is 1150 g/mol. The van der Waals surface area contributed by atoms with Gasteiger partial charge in [0.15, 0.2) is 5.75 Å². The van der Waals surface area contributed by atoms with Crippen LogP contribution in [-0.2, 0) is 21.3 Å². The summed E-state index contributed by atoms with van der Waals surface area (Å²) in [7, 11) is -1.40. The third kappa shape index (κ3) is 11.4. The Balaban J connectivity index is 0.796. The van der Waals surface area contributed by atoms with Gasteiger partial charge in [-0.25, -0.2) is 18.1 Å². The number of piperazine rings is 1. The van der Waals surface area contributed by atoms with E-state index < -0.39 is 43.1 Å². The molecule has 12 rings (SSSR count). The van der Waals surface area contributed by atoms with Gasteiger partial charge in [0.2, 0.25) is 5.88 Å². The van der Waals surface area contributed by atoms with Crippen LogP contribution >= 0.6 is 0 Å². The number of benzene rings is 3. The standard InChI is InChI=1S/C62H76N10O10S/c1-39(2)46-8-6-7-9-47(46)54-37-68(36-41-28-55(79-4)60(80-5)65-35-41)25-26-70(54)44-32-62(33-44)20-23-69(24-21-62)43-10-12-48(51(30-43)71-50-17-27-81-38-56(50)82-59-53(71)29-42-16-22-63-57(42)66-59)58(73)67-83(77,78)45-11-13-49(52(31-45)72(75)76)64-34-40-14-18-61(3,74)19-15-40/h6-13,16,22,28-31,35,39-40,44,50,54,56,64,74H,14-15,17-21,23-27,32-34,36-38H2,1-5H3,(H,63,66)(H,67,73)/t40-,50-,54-,56-,61-/m0/s1. The number of anilines is 4. The van der Waals surface area contributed by atoms with E-state index in [2.05, 4.69) is 77.7 Å². The molecule has 3 saturated heterocycles. The molecule has 3 aromatic carbocycles. The highest BCUT2D eigenvalue weighted by molar-refractivity contribution is 7.90. The van der Waals surface area contributed by atoms with E-state index in [4.69, 9.17) is 23.9 Å². The number of pyridine rings is 2. The maximum absolute atomic E-state index is 14.9. The van der Waals surface area contributed by atoms with Crippen LogP contribution in [0.4, 0.5) is 28.4 Å². The predicted octanol–water partition coefficient (Wildman–Crippen LogP) is 9.47. The molecule has 0 unspecified atom stereocenters. The summed E-state index contributed by atoms with van der Waals surface area (Å²) in [5.74, 6) is 1.15. The highest BCUT2D eigenvalue weighted by Crippen LogP contribution is 2.54. The summed E-state index contributed by atoms with van der Waals surface area (Å²) in [4.78, 5) is 48.7. The van der Waals surface area contributed by atoms with E-state index in [1.165, 1.54) is 23.3 Å². The number of aromatic nitrogens is 3. The predicted molar refractivity (Wildman–Crippen MR) is 317 cm³/mol. The number of nitro benzene ring substituents is 1. The average molecular weight is 1150 g/mol. The number of fused-ring (bicyclic) bond motifs is 3. The van der Waals surface area contributed by atoms with Gasteiger partial charge in [0.1, 0.15) is 23.1 Å². The maximum Gasteiger partial charge on any atom is 0.293 e. The lowest BCUT2D eigenvalue weighted by atomic mass is 9.59. The van der Waals surface area contributed by atoms with Crippen molar-refractivity contribution < 1.29 is 42.2 Å². The minimum absolute atomic E-state index is 0.105. The second-order valence-electron chi connectivity index (χ2n) is 24.5. The van der Waals surface area contributed by atoms with Crippen molar-refractivity contribution in [3.8, 4) is 17.5 Å². The number of aliphatic hydroxyl groups is 1. The van der Waals surface area contributed by atoms with Crippen molar-refractivity contribution in [2.75, 3.05) is 81.8 Å². The van der Waals surface area contributed by atoms with Gasteiger partial charge in [-0.3, -0.25) is 24.7 Å². The number of amides is 1. The SMILES string of the molecule is COc1cc(CN2CCN(C3CC4(CCN(c5ccc(C(=O)NS(=O)(=O)c6ccc(NC[C@H]7CC[C@](C)(O)CC7)c([N+](=O)[O-])c6)c(N6c7cc8cc[nH]c8nc7O[C@H]7COCC[C@@H]76)c5)CC4)C3)[C@H](c3ccccc3C(C)C)C2)cnc1OC. The van der Waals surface area contributed by atoms with Gasteiger partial charge >= 0.3 is 0 Å². The van der Waals surface area contributed by atoms with Gasteiger partial charge in [0, 0.05) is 94.0 Å². The number of aromatic amines is 1. The van der Waals surface area contributed by atoms with Gasteiger partial charge in [-0.2, -0.15) is 4.98 Å². The summed E-state index contributed by atoms with van der Waals surface area (Å²) in [5.41, 5.74) is 5.85. The van der Waals surface area contributed by atoms with Gasteiger partial charge in [-0.15, -0.1) is 0 Å². The van der Waals surface area contributed by atoms with Gasteiger partial charge in [0.05, 0.1) is 53.5 Å². The van der Waals surface area contributed by atoms with Crippen molar-refractivity contribution in [1.29, 1.82) is 0 Å². The molecule has 4 N–H and O–H groups in total. The molecule has 1 spiro atoms. The zero-order valence-corrected chi connectivity index (χ0v) is 48.8. The van der Waals surface area contributed by atoms with Crippen molar-refractivity contribution >= 4 is 55.4 Å². The van der Waals surface area contributed by atoms with Crippen LogP contribution in [0.1, 0.15) is 118 Å². The zero-order chi connectivity index (χ0) is 57.8. The van der Waals surface area contributed by atoms with Crippen molar-refractivity contribution in [2.45, 2.75) is 126 Å². The van der Waals surface area contributed by atoms with E-state index in [0.29, 0.717) is 85.5 Å². The van der Waals surface area contributed by atoms with Crippen LogP contribution in [0.5, 0.6) is 17.5 Å². The number of rotatable bonds is 16. The topological polar surface area (TPSA) is 230 Å². The number of nitrogens with one attached hydrogen (secondary N) is 3.